The first kappa shape index (κ1) is 14.4. The Morgan fingerprint density at radius 2 is 1.76 bits per heavy atom. The molecule has 0 fully saturated rings. The van der Waals surface area contributed by atoms with Crippen LogP contribution in [-0.4, -0.2) is 11.1 Å². The van der Waals surface area contributed by atoms with Gasteiger partial charge in [-0.25, -0.2) is 4.79 Å². The van der Waals surface area contributed by atoms with Crippen molar-refractivity contribution in [1.29, 1.82) is 0 Å². The fourth-order valence-electron chi connectivity index (χ4n) is 1.65. The summed E-state index contributed by atoms with van der Waals surface area (Å²) in [6, 6.07) is 13.5. The van der Waals surface area contributed by atoms with Gasteiger partial charge in [-0.15, -0.1) is 5.92 Å². The van der Waals surface area contributed by atoms with Crippen molar-refractivity contribution in [2.24, 2.45) is 0 Å². The van der Waals surface area contributed by atoms with Crippen LogP contribution in [0.15, 0.2) is 54.6 Å². The van der Waals surface area contributed by atoms with Crippen LogP contribution in [0.5, 0.6) is 11.5 Å². The molecule has 0 unspecified atom stereocenters. The highest BCUT2D eigenvalue weighted by Crippen LogP contribution is 2.16. The maximum atomic E-state index is 11.6. The number of benzene rings is 2. The van der Waals surface area contributed by atoms with Crippen LogP contribution in [0.3, 0.4) is 0 Å². The van der Waals surface area contributed by atoms with Crippen molar-refractivity contribution in [3.05, 3.63) is 65.7 Å². The minimum absolute atomic E-state index is 0.126. The third-order valence-electron chi connectivity index (χ3n) is 2.65. The maximum absolute atomic E-state index is 11.6. The third kappa shape index (κ3) is 4.55. The summed E-state index contributed by atoms with van der Waals surface area (Å²) in [5.74, 6) is 5.81. The molecule has 0 aliphatic heterocycles. The fraction of sp³-hybridized carbons (Fsp3) is 0.0556. The van der Waals surface area contributed by atoms with Gasteiger partial charge in [0, 0.05) is 11.6 Å². The Bertz CT molecular complexity index is 699. The lowest BCUT2D eigenvalue weighted by molar-refractivity contribution is -0.128. The number of hydrogen-bond donors (Lipinski definition) is 1. The molecular formula is C18H14O3. The number of phenolic OH excluding ortho intramolecular Hbond substituents is 1. The summed E-state index contributed by atoms with van der Waals surface area (Å²) in [4.78, 5) is 11.6. The summed E-state index contributed by atoms with van der Waals surface area (Å²) in [6.45, 7) is 1.78. The zero-order chi connectivity index (χ0) is 15.1. The molecule has 0 aliphatic carbocycles. The average Bonchev–Trinajstić information content (AvgIpc) is 2.49. The zero-order valence-electron chi connectivity index (χ0n) is 11.5. The minimum Gasteiger partial charge on any atom is -0.508 e. The van der Waals surface area contributed by atoms with E-state index in [1.807, 2.05) is 24.3 Å². The number of phenols is 1. The van der Waals surface area contributed by atoms with Crippen molar-refractivity contribution in [2.75, 3.05) is 0 Å². The van der Waals surface area contributed by atoms with Gasteiger partial charge in [-0.2, -0.15) is 0 Å². The van der Waals surface area contributed by atoms with Gasteiger partial charge in [0.15, 0.2) is 0 Å². The maximum Gasteiger partial charge on any atom is 0.336 e. The largest absolute Gasteiger partial charge is 0.508 e. The van der Waals surface area contributed by atoms with E-state index in [4.69, 9.17) is 9.84 Å². The van der Waals surface area contributed by atoms with Crippen LogP contribution in [0.1, 0.15) is 18.1 Å². The Kier molecular flexibility index (Phi) is 4.79. The lowest BCUT2D eigenvalue weighted by Gasteiger charge is -2.00. The second-order valence-corrected chi connectivity index (χ2v) is 4.25. The highest BCUT2D eigenvalue weighted by molar-refractivity contribution is 5.88. The van der Waals surface area contributed by atoms with Crippen LogP contribution in [0.2, 0.25) is 0 Å². The summed E-state index contributed by atoms with van der Waals surface area (Å²) in [7, 11) is 0. The molecule has 3 heteroatoms. The second-order valence-electron chi connectivity index (χ2n) is 4.25. The molecule has 0 saturated carbocycles. The van der Waals surface area contributed by atoms with Crippen LogP contribution in [0, 0.1) is 11.8 Å². The van der Waals surface area contributed by atoms with Crippen LogP contribution >= 0.6 is 0 Å². The predicted octanol–water partition coefficient (Wildman–Crippen LogP) is 3.38. The molecule has 3 nitrogen and oxygen atoms in total. The van der Waals surface area contributed by atoms with Crippen molar-refractivity contribution in [3.63, 3.8) is 0 Å². The lowest BCUT2D eigenvalue weighted by Crippen LogP contribution is -2.03. The Balaban J connectivity index is 1.97. The number of carbonyl (C=O) groups is 1. The fourth-order valence-corrected chi connectivity index (χ4v) is 1.65. The first-order chi connectivity index (χ1) is 10.2. The number of hydrogen-bond acceptors (Lipinski definition) is 3. The summed E-state index contributed by atoms with van der Waals surface area (Å²) in [5, 5.41) is 9.14. The number of carbonyl (C=O) groups excluding carboxylic acids is 1. The molecule has 2 aromatic carbocycles. The molecule has 0 saturated heterocycles. The molecule has 0 aromatic heterocycles. The van der Waals surface area contributed by atoms with E-state index in [0.29, 0.717) is 5.75 Å². The van der Waals surface area contributed by atoms with Crippen molar-refractivity contribution >= 4 is 12.0 Å². The predicted molar refractivity (Wildman–Crippen MR) is 81.8 cm³/mol. The highest BCUT2D eigenvalue weighted by Gasteiger charge is 2.00. The van der Waals surface area contributed by atoms with Crippen LogP contribution in [-0.2, 0) is 4.79 Å². The first-order valence-corrected chi connectivity index (χ1v) is 6.39. The molecule has 0 atom stereocenters. The quantitative estimate of drug-likeness (QED) is 0.405. The summed E-state index contributed by atoms with van der Waals surface area (Å²) < 4.78 is 5.09. The van der Waals surface area contributed by atoms with Gasteiger partial charge in [-0.05, 0) is 55.0 Å². The van der Waals surface area contributed by atoms with Crippen molar-refractivity contribution in [3.8, 4) is 23.3 Å². The Labute approximate surface area is 123 Å². The topological polar surface area (TPSA) is 46.5 Å². The second kappa shape index (κ2) is 6.97. The summed E-state index contributed by atoms with van der Waals surface area (Å²) >= 11 is 0. The monoisotopic (exact) mass is 278 g/mol. The Hall–Kier alpha value is -2.99. The zero-order valence-corrected chi connectivity index (χ0v) is 11.5. The van der Waals surface area contributed by atoms with Gasteiger partial charge in [0.2, 0.25) is 0 Å². The standard InChI is InChI=1S/C18H14O3/c1-2-3-14-4-6-15(7-5-14)8-13-18(20)21-17-11-9-16(19)10-12-17/h4-13,19H,1H3/b13-8+. The number of esters is 1. The van der Waals surface area contributed by atoms with E-state index in [1.165, 1.54) is 30.3 Å². The molecule has 0 aliphatic rings. The Morgan fingerprint density at radius 1 is 1.10 bits per heavy atom. The van der Waals surface area contributed by atoms with Gasteiger partial charge < -0.3 is 9.84 Å². The molecule has 104 valence electrons. The lowest BCUT2D eigenvalue weighted by atomic mass is 10.1. The molecule has 0 amide bonds. The van der Waals surface area contributed by atoms with Gasteiger partial charge in [-0.3, -0.25) is 0 Å². The van der Waals surface area contributed by atoms with Crippen LogP contribution < -0.4 is 4.74 Å². The number of aromatic hydroxyl groups is 1. The van der Waals surface area contributed by atoms with Gasteiger partial charge >= 0.3 is 5.97 Å². The third-order valence-corrected chi connectivity index (χ3v) is 2.65. The van der Waals surface area contributed by atoms with Gasteiger partial charge in [0.1, 0.15) is 11.5 Å². The van der Waals surface area contributed by atoms with E-state index >= 15 is 0 Å². The van der Waals surface area contributed by atoms with Gasteiger partial charge in [-0.1, -0.05) is 18.1 Å². The Morgan fingerprint density at radius 3 is 2.38 bits per heavy atom. The van der Waals surface area contributed by atoms with Gasteiger partial charge in [0.25, 0.3) is 0 Å². The van der Waals surface area contributed by atoms with E-state index in [9.17, 15) is 4.79 Å². The average molecular weight is 278 g/mol. The SMILES string of the molecule is CC#Cc1ccc(/C=C/C(=O)Oc2ccc(O)cc2)cc1. The molecule has 0 radical (unpaired) electrons. The van der Waals surface area contributed by atoms with Gasteiger partial charge in [0.05, 0.1) is 0 Å². The van der Waals surface area contributed by atoms with Crippen LogP contribution in [0.25, 0.3) is 6.08 Å². The molecule has 21 heavy (non-hydrogen) atoms. The normalized spacial score (nSPS) is 9.95. The summed E-state index contributed by atoms with van der Waals surface area (Å²) in [6.07, 6.45) is 3.03. The molecular weight excluding hydrogens is 264 g/mol. The molecule has 0 spiro atoms. The minimum atomic E-state index is -0.474. The molecule has 1 N–H and O–H groups in total. The highest BCUT2D eigenvalue weighted by atomic mass is 16.5. The number of rotatable bonds is 3. The molecule has 2 rings (SSSR count). The molecule has 0 heterocycles. The van der Waals surface area contributed by atoms with E-state index < -0.39 is 5.97 Å². The van der Waals surface area contributed by atoms with E-state index in [-0.39, 0.29) is 5.75 Å². The summed E-state index contributed by atoms with van der Waals surface area (Å²) in [5.41, 5.74) is 1.82. The molecule has 0 bridgehead atoms. The van der Waals surface area contributed by atoms with Crippen molar-refractivity contribution in [1.82, 2.24) is 0 Å². The smallest absolute Gasteiger partial charge is 0.336 e. The molecule has 2 aromatic rings. The van der Waals surface area contributed by atoms with E-state index in [0.717, 1.165) is 11.1 Å². The van der Waals surface area contributed by atoms with Crippen LogP contribution in [0.4, 0.5) is 0 Å². The first-order valence-electron chi connectivity index (χ1n) is 6.39. The van der Waals surface area contributed by atoms with E-state index in [1.54, 1.807) is 13.0 Å². The number of ether oxygens (including phenoxy) is 1. The van der Waals surface area contributed by atoms with Crippen molar-refractivity contribution in [2.45, 2.75) is 6.92 Å². The van der Waals surface area contributed by atoms with Crippen molar-refractivity contribution < 1.29 is 14.6 Å². The van der Waals surface area contributed by atoms with E-state index in [2.05, 4.69) is 11.8 Å².